The molecule has 2 N–H and O–H groups in total. The summed E-state index contributed by atoms with van der Waals surface area (Å²) in [5.74, 6) is -0.847. The number of carbonyl (C=O) groups excluding carboxylic acids is 1. The van der Waals surface area contributed by atoms with Crippen LogP contribution in [0.2, 0.25) is 6.43 Å². The Kier molecular flexibility index (Phi) is 5.59. The van der Waals surface area contributed by atoms with Gasteiger partial charge in [-0.15, -0.1) is 0 Å². The van der Waals surface area contributed by atoms with Gasteiger partial charge in [-0.25, -0.2) is 4.79 Å². The number of esters is 1. The van der Waals surface area contributed by atoms with Gasteiger partial charge in [0.1, 0.15) is 7.16 Å². The topological polar surface area (TPSA) is 67.8 Å². The van der Waals surface area contributed by atoms with Crippen molar-refractivity contribution in [3.63, 3.8) is 0 Å². The summed E-state index contributed by atoms with van der Waals surface area (Å²) in [6.07, 6.45) is 1.46. The van der Waals surface area contributed by atoms with Gasteiger partial charge in [0.25, 0.3) is 0 Å². The van der Waals surface area contributed by atoms with Crippen molar-refractivity contribution in [2.45, 2.75) is 38.3 Å². The summed E-state index contributed by atoms with van der Waals surface area (Å²) in [4.78, 5) is 11.8. The maximum absolute atomic E-state index is 11.8. The zero-order valence-corrected chi connectivity index (χ0v) is 16.4. The summed E-state index contributed by atoms with van der Waals surface area (Å²) in [6, 6.07) is 12.2. The zero-order valence-electron chi connectivity index (χ0n) is 19.7. The number of nitrogens with one attached hydrogen (secondary N) is 1. The fourth-order valence-electron chi connectivity index (χ4n) is 3.25. The van der Waals surface area contributed by atoms with E-state index in [-0.39, 0.29) is 24.9 Å². The molecule has 0 saturated heterocycles. The molecule has 0 radical (unpaired) electrons. The monoisotopic (exact) mass is 407 g/mol. The number of aliphatic hydroxyl groups is 1. The van der Waals surface area contributed by atoms with E-state index in [9.17, 15) is 4.79 Å². The molecule has 0 amide bonds. The van der Waals surface area contributed by atoms with E-state index in [1.807, 2.05) is 12.1 Å². The minimum atomic E-state index is -2.59. The molecule has 0 spiro atoms. The SMILES string of the molecule is [2H]O[C@@H](CN([2H])[C@H]1CCc2ccc(OC([2H])([2H])C(=O)OCC)cc2C1)c1cccc(Cl)c1. The third kappa shape index (κ3) is 5.71. The van der Waals surface area contributed by atoms with Crippen LogP contribution in [0.3, 0.4) is 0 Å². The van der Waals surface area contributed by atoms with Crippen LogP contribution >= 0.6 is 11.6 Å². The predicted octanol–water partition coefficient (Wildman–Crippen LogP) is 3.46. The van der Waals surface area contributed by atoms with Crippen molar-refractivity contribution in [3.8, 4) is 5.75 Å². The summed E-state index contributed by atoms with van der Waals surface area (Å²) < 4.78 is 41.6. The van der Waals surface area contributed by atoms with Crippen LogP contribution in [0.1, 0.15) is 38.9 Å². The summed E-state index contributed by atoms with van der Waals surface area (Å²) in [6.45, 7) is -0.728. The Bertz CT molecular complexity index is 946. The van der Waals surface area contributed by atoms with Crippen molar-refractivity contribution in [1.29, 1.82) is 1.43 Å². The van der Waals surface area contributed by atoms with Crippen molar-refractivity contribution < 1.29 is 23.5 Å². The Balaban J connectivity index is 1.68. The van der Waals surface area contributed by atoms with E-state index in [4.69, 9.17) is 31.8 Å². The molecular formula is C22H26ClNO4. The van der Waals surface area contributed by atoms with Crippen LogP contribution in [-0.2, 0) is 22.4 Å². The van der Waals surface area contributed by atoms with Gasteiger partial charge in [0, 0.05) is 17.6 Å². The number of ether oxygens (including phenoxy) is 2. The van der Waals surface area contributed by atoms with E-state index in [1.54, 1.807) is 37.3 Å². The Morgan fingerprint density at radius 1 is 1.43 bits per heavy atom. The second-order valence-corrected chi connectivity index (χ2v) is 7.10. The average molecular weight is 408 g/mol. The molecule has 0 fully saturated rings. The number of benzene rings is 2. The zero-order chi connectivity index (χ0) is 23.3. The molecule has 1 aliphatic carbocycles. The van der Waals surface area contributed by atoms with Crippen LogP contribution in [0.5, 0.6) is 5.75 Å². The van der Waals surface area contributed by atoms with Crippen LogP contribution in [0, 0.1) is 0 Å². The number of fused-ring (bicyclic) bond motifs is 1. The van der Waals surface area contributed by atoms with Gasteiger partial charge < -0.3 is 19.9 Å². The molecule has 2 aromatic rings. The van der Waals surface area contributed by atoms with E-state index < -0.39 is 18.6 Å². The van der Waals surface area contributed by atoms with Crippen LogP contribution in [-0.4, -0.2) is 38.3 Å². The van der Waals surface area contributed by atoms with E-state index in [2.05, 4.69) is 0 Å². The molecule has 0 aliphatic heterocycles. The summed E-state index contributed by atoms with van der Waals surface area (Å²) in [5.41, 5.74) is 2.77. The smallest absolute Gasteiger partial charge is 0.344 e. The molecule has 2 atom stereocenters. The molecule has 150 valence electrons. The molecule has 1 aliphatic rings. The summed E-state index contributed by atoms with van der Waals surface area (Å²) >= 11 is 6.04. The van der Waals surface area contributed by atoms with Crippen LogP contribution in [0.25, 0.3) is 0 Å². The van der Waals surface area contributed by atoms with Gasteiger partial charge in [0.05, 0.1) is 15.5 Å². The molecule has 0 unspecified atom stereocenters. The molecule has 0 bridgehead atoms. The lowest BCUT2D eigenvalue weighted by molar-refractivity contribution is -0.145. The number of rotatable bonds is 9. The van der Waals surface area contributed by atoms with Gasteiger partial charge in [0.15, 0.2) is 6.56 Å². The molecular weight excluding hydrogens is 378 g/mol. The second kappa shape index (κ2) is 9.92. The lowest BCUT2D eigenvalue weighted by Crippen LogP contribution is -2.37. The minimum absolute atomic E-state index is 0.0606. The van der Waals surface area contributed by atoms with Crippen molar-refractivity contribution in [3.05, 3.63) is 64.2 Å². The lowest BCUT2D eigenvalue weighted by atomic mass is 9.88. The molecule has 0 aromatic heterocycles. The highest BCUT2D eigenvalue weighted by molar-refractivity contribution is 6.30. The standard InChI is InChI=1S/C22H26ClNO4/c1-2-27-22(26)14-28-20-9-7-15-6-8-19(11-17(15)12-20)24-13-21(25)16-4-3-5-18(23)10-16/h3-5,7,9-10,12,19,21,24-25H,2,6,8,11,13-14H2,1H3/t19-,21-/m0/s1/i14D2,25D/hD. The number of hydrogen-bond donors (Lipinski definition) is 2. The van der Waals surface area contributed by atoms with Crippen LogP contribution in [0.15, 0.2) is 42.5 Å². The normalized spacial score (nSPS) is 19.6. The summed E-state index contributed by atoms with van der Waals surface area (Å²) in [7, 11) is 0. The first-order chi connectivity index (χ1) is 15.2. The second-order valence-electron chi connectivity index (χ2n) is 6.66. The lowest BCUT2D eigenvalue weighted by Gasteiger charge is -2.27. The van der Waals surface area contributed by atoms with Gasteiger partial charge in [-0.3, -0.25) is 0 Å². The Morgan fingerprint density at radius 3 is 3.11 bits per heavy atom. The highest BCUT2D eigenvalue weighted by Gasteiger charge is 2.20. The maximum Gasteiger partial charge on any atom is 0.344 e. The van der Waals surface area contributed by atoms with Crippen molar-refractivity contribution in [2.24, 2.45) is 0 Å². The largest absolute Gasteiger partial charge is 0.482 e. The van der Waals surface area contributed by atoms with E-state index in [0.29, 0.717) is 11.4 Å². The quantitative estimate of drug-likeness (QED) is 0.623. The van der Waals surface area contributed by atoms with E-state index in [0.717, 1.165) is 29.5 Å². The molecule has 6 heteroatoms. The fraction of sp³-hybridized carbons (Fsp3) is 0.409. The van der Waals surface area contributed by atoms with Gasteiger partial charge >= 0.3 is 5.97 Å². The Morgan fingerprint density at radius 2 is 2.32 bits per heavy atom. The maximum atomic E-state index is 11.8. The number of halogens is 1. The number of aliphatic hydroxyl groups excluding tert-OH is 1. The highest BCUT2D eigenvalue weighted by atomic mass is 35.5. The van der Waals surface area contributed by atoms with Gasteiger partial charge in [-0.05, 0) is 67.1 Å². The highest BCUT2D eigenvalue weighted by Crippen LogP contribution is 2.26. The van der Waals surface area contributed by atoms with E-state index in [1.165, 1.54) is 5.31 Å². The fourth-order valence-corrected chi connectivity index (χ4v) is 3.45. The van der Waals surface area contributed by atoms with Crippen LogP contribution < -0.4 is 10.0 Å². The minimum Gasteiger partial charge on any atom is -0.482 e. The third-order valence-corrected chi connectivity index (χ3v) is 4.89. The van der Waals surface area contributed by atoms with Gasteiger partial charge in [0.2, 0.25) is 1.43 Å². The van der Waals surface area contributed by atoms with Crippen molar-refractivity contribution in [2.75, 3.05) is 19.7 Å². The molecule has 28 heavy (non-hydrogen) atoms. The number of carbonyl (C=O) groups is 1. The van der Waals surface area contributed by atoms with Crippen LogP contribution in [0.4, 0.5) is 0 Å². The van der Waals surface area contributed by atoms with Crippen molar-refractivity contribution in [1.82, 2.24) is 5.31 Å². The van der Waals surface area contributed by atoms with Crippen molar-refractivity contribution >= 4 is 17.6 Å². The molecule has 2 aromatic carbocycles. The Hall–Kier alpha value is -2.08. The molecule has 0 saturated carbocycles. The first-order valence-corrected chi connectivity index (χ1v) is 9.72. The first-order valence-electron chi connectivity index (χ1n) is 11.2. The Labute approximate surface area is 176 Å². The van der Waals surface area contributed by atoms with Gasteiger partial charge in [-0.1, -0.05) is 29.8 Å². The predicted molar refractivity (Wildman–Crippen MR) is 109 cm³/mol. The molecule has 0 heterocycles. The molecule has 3 rings (SSSR count). The van der Waals surface area contributed by atoms with E-state index >= 15 is 0 Å². The van der Waals surface area contributed by atoms with Gasteiger partial charge in [-0.2, -0.15) is 0 Å². The first kappa shape index (κ1) is 15.8. The third-order valence-electron chi connectivity index (χ3n) is 4.66. The molecule has 5 nitrogen and oxygen atoms in total. The number of hydrogen-bond acceptors (Lipinski definition) is 5. The average Bonchev–Trinajstić information content (AvgIpc) is 2.76. The summed E-state index contributed by atoms with van der Waals surface area (Å²) in [5, 5.41) is 6.83. The number of aryl methyl sites for hydroxylation is 1.